The lowest BCUT2D eigenvalue weighted by molar-refractivity contribution is 0.409. The Hall–Kier alpha value is -2.54. The lowest BCUT2D eigenvalue weighted by atomic mass is 10.1. The SMILES string of the molecule is COc1ccccc1C[C@@H](C)Nc1ncccc1C#N. The summed E-state index contributed by atoms with van der Waals surface area (Å²) in [5.41, 5.74) is 1.68. The summed E-state index contributed by atoms with van der Waals surface area (Å²) in [5, 5.41) is 12.3. The van der Waals surface area contributed by atoms with E-state index in [1.807, 2.05) is 24.3 Å². The number of nitriles is 1. The van der Waals surface area contributed by atoms with Gasteiger partial charge in [-0.2, -0.15) is 5.26 Å². The molecule has 1 aromatic carbocycles. The maximum atomic E-state index is 9.05. The first-order chi connectivity index (χ1) is 9.74. The van der Waals surface area contributed by atoms with Gasteiger partial charge in [0.15, 0.2) is 0 Å². The van der Waals surface area contributed by atoms with Crippen LogP contribution in [0.3, 0.4) is 0 Å². The summed E-state index contributed by atoms with van der Waals surface area (Å²) in [6, 6.07) is 13.7. The first-order valence-electron chi connectivity index (χ1n) is 6.48. The molecule has 0 aliphatic heterocycles. The van der Waals surface area contributed by atoms with E-state index in [0.717, 1.165) is 17.7 Å². The van der Waals surface area contributed by atoms with E-state index in [1.165, 1.54) is 0 Å². The molecule has 0 fully saturated rings. The average Bonchev–Trinajstić information content (AvgIpc) is 2.48. The number of nitrogens with one attached hydrogen (secondary N) is 1. The lowest BCUT2D eigenvalue weighted by Crippen LogP contribution is -2.20. The summed E-state index contributed by atoms with van der Waals surface area (Å²) in [4.78, 5) is 4.21. The van der Waals surface area contributed by atoms with Gasteiger partial charge in [-0.15, -0.1) is 0 Å². The molecule has 0 unspecified atom stereocenters. The highest BCUT2D eigenvalue weighted by molar-refractivity contribution is 5.52. The van der Waals surface area contributed by atoms with Crippen LogP contribution in [-0.4, -0.2) is 18.1 Å². The summed E-state index contributed by atoms with van der Waals surface area (Å²) in [6.45, 7) is 2.06. The van der Waals surface area contributed by atoms with Gasteiger partial charge >= 0.3 is 0 Å². The van der Waals surface area contributed by atoms with Crippen LogP contribution < -0.4 is 10.1 Å². The predicted octanol–water partition coefficient (Wildman–Crippen LogP) is 3.00. The number of pyridine rings is 1. The smallest absolute Gasteiger partial charge is 0.144 e. The topological polar surface area (TPSA) is 57.9 Å². The standard InChI is InChI=1S/C16H17N3O/c1-12(10-13-6-3-4-8-15(13)20-2)19-16-14(11-17)7-5-9-18-16/h3-9,12H,10H2,1-2H3,(H,18,19)/t12-/m1/s1. The largest absolute Gasteiger partial charge is 0.496 e. The van der Waals surface area contributed by atoms with Gasteiger partial charge in [0.1, 0.15) is 17.6 Å². The van der Waals surface area contributed by atoms with Crippen LogP contribution in [-0.2, 0) is 6.42 Å². The van der Waals surface area contributed by atoms with Gasteiger partial charge < -0.3 is 10.1 Å². The number of nitrogens with zero attached hydrogens (tertiary/aromatic N) is 2. The van der Waals surface area contributed by atoms with Gasteiger partial charge in [0.05, 0.1) is 12.7 Å². The molecule has 4 heteroatoms. The van der Waals surface area contributed by atoms with Crippen molar-refractivity contribution in [3.63, 3.8) is 0 Å². The third-order valence-electron chi connectivity index (χ3n) is 3.03. The van der Waals surface area contributed by atoms with Crippen molar-refractivity contribution in [1.82, 2.24) is 4.98 Å². The normalized spacial score (nSPS) is 11.4. The van der Waals surface area contributed by atoms with E-state index in [2.05, 4.69) is 23.3 Å². The highest BCUT2D eigenvalue weighted by Gasteiger charge is 2.10. The molecule has 1 N–H and O–H groups in total. The monoisotopic (exact) mass is 267 g/mol. The van der Waals surface area contributed by atoms with Crippen molar-refractivity contribution in [1.29, 1.82) is 5.26 Å². The van der Waals surface area contributed by atoms with Crippen LogP contribution in [0, 0.1) is 11.3 Å². The van der Waals surface area contributed by atoms with Gasteiger partial charge in [0, 0.05) is 12.2 Å². The second-order valence-corrected chi connectivity index (χ2v) is 4.57. The Bertz CT molecular complexity index is 619. The van der Waals surface area contributed by atoms with Crippen LogP contribution in [0.5, 0.6) is 5.75 Å². The number of para-hydroxylation sites is 1. The van der Waals surface area contributed by atoms with Crippen molar-refractivity contribution in [2.45, 2.75) is 19.4 Å². The van der Waals surface area contributed by atoms with E-state index in [0.29, 0.717) is 11.4 Å². The zero-order chi connectivity index (χ0) is 14.4. The first kappa shape index (κ1) is 13.9. The summed E-state index contributed by atoms with van der Waals surface area (Å²) in [5.74, 6) is 1.50. The Labute approximate surface area is 119 Å². The van der Waals surface area contributed by atoms with E-state index in [-0.39, 0.29) is 6.04 Å². The molecule has 1 heterocycles. The zero-order valence-electron chi connectivity index (χ0n) is 11.6. The Morgan fingerprint density at radius 3 is 2.85 bits per heavy atom. The molecule has 1 aromatic heterocycles. The summed E-state index contributed by atoms with van der Waals surface area (Å²) < 4.78 is 5.35. The van der Waals surface area contributed by atoms with Crippen LogP contribution >= 0.6 is 0 Å². The van der Waals surface area contributed by atoms with Crippen molar-refractivity contribution in [3.8, 4) is 11.8 Å². The van der Waals surface area contributed by atoms with E-state index in [1.54, 1.807) is 25.4 Å². The Kier molecular flexibility index (Phi) is 4.56. The number of ether oxygens (including phenoxy) is 1. The third-order valence-corrected chi connectivity index (χ3v) is 3.03. The Balaban J connectivity index is 2.09. The first-order valence-corrected chi connectivity index (χ1v) is 6.48. The van der Waals surface area contributed by atoms with Crippen molar-refractivity contribution >= 4 is 5.82 Å². The molecule has 1 atom stereocenters. The quantitative estimate of drug-likeness (QED) is 0.904. The maximum absolute atomic E-state index is 9.05. The lowest BCUT2D eigenvalue weighted by Gasteiger charge is -2.16. The van der Waals surface area contributed by atoms with Crippen molar-refractivity contribution < 1.29 is 4.74 Å². The van der Waals surface area contributed by atoms with Gasteiger partial charge in [-0.3, -0.25) is 0 Å². The van der Waals surface area contributed by atoms with Crippen molar-refractivity contribution in [3.05, 3.63) is 53.7 Å². The van der Waals surface area contributed by atoms with Gasteiger partial charge in [-0.25, -0.2) is 4.98 Å². The fraction of sp³-hybridized carbons (Fsp3) is 0.250. The van der Waals surface area contributed by atoms with E-state index >= 15 is 0 Å². The molecule has 0 radical (unpaired) electrons. The molecular weight excluding hydrogens is 250 g/mol. The van der Waals surface area contributed by atoms with Crippen molar-refractivity contribution in [2.75, 3.05) is 12.4 Å². The summed E-state index contributed by atoms with van der Waals surface area (Å²) in [7, 11) is 1.67. The molecular formula is C16H17N3O. The van der Waals surface area contributed by atoms with Crippen LogP contribution in [0.15, 0.2) is 42.6 Å². The molecule has 0 aliphatic carbocycles. The molecule has 0 bridgehead atoms. The molecule has 0 aliphatic rings. The second-order valence-electron chi connectivity index (χ2n) is 4.57. The molecule has 2 rings (SSSR count). The number of hydrogen-bond acceptors (Lipinski definition) is 4. The van der Waals surface area contributed by atoms with Gasteiger partial charge in [0.25, 0.3) is 0 Å². The van der Waals surface area contributed by atoms with Crippen LogP contribution in [0.4, 0.5) is 5.82 Å². The maximum Gasteiger partial charge on any atom is 0.144 e. The number of benzene rings is 1. The minimum atomic E-state index is 0.147. The van der Waals surface area contributed by atoms with Crippen LogP contribution in [0.2, 0.25) is 0 Å². The molecule has 2 aromatic rings. The van der Waals surface area contributed by atoms with Gasteiger partial charge in [-0.1, -0.05) is 18.2 Å². The van der Waals surface area contributed by atoms with Crippen LogP contribution in [0.1, 0.15) is 18.1 Å². The number of rotatable bonds is 5. The van der Waals surface area contributed by atoms with Crippen molar-refractivity contribution in [2.24, 2.45) is 0 Å². The van der Waals surface area contributed by atoms with E-state index in [4.69, 9.17) is 10.00 Å². The highest BCUT2D eigenvalue weighted by Crippen LogP contribution is 2.20. The second kappa shape index (κ2) is 6.58. The Morgan fingerprint density at radius 2 is 2.10 bits per heavy atom. The Morgan fingerprint density at radius 1 is 1.30 bits per heavy atom. The number of anilines is 1. The molecule has 4 nitrogen and oxygen atoms in total. The third kappa shape index (κ3) is 3.27. The molecule has 102 valence electrons. The van der Waals surface area contributed by atoms with Gasteiger partial charge in [0.2, 0.25) is 0 Å². The number of methoxy groups -OCH3 is 1. The molecule has 0 amide bonds. The molecule has 0 spiro atoms. The summed E-state index contributed by atoms with van der Waals surface area (Å²) in [6.07, 6.45) is 2.48. The molecule has 20 heavy (non-hydrogen) atoms. The molecule has 0 saturated carbocycles. The fourth-order valence-corrected chi connectivity index (χ4v) is 2.10. The number of hydrogen-bond donors (Lipinski definition) is 1. The fourth-order valence-electron chi connectivity index (χ4n) is 2.10. The zero-order valence-corrected chi connectivity index (χ0v) is 11.6. The predicted molar refractivity (Wildman–Crippen MR) is 78.7 cm³/mol. The van der Waals surface area contributed by atoms with E-state index in [9.17, 15) is 0 Å². The van der Waals surface area contributed by atoms with E-state index < -0.39 is 0 Å². The number of aromatic nitrogens is 1. The average molecular weight is 267 g/mol. The van der Waals surface area contributed by atoms with Gasteiger partial charge in [-0.05, 0) is 37.1 Å². The minimum absolute atomic E-state index is 0.147. The molecule has 0 saturated heterocycles. The summed E-state index contributed by atoms with van der Waals surface area (Å²) >= 11 is 0. The van der Waals surface area contributed by atoms with Crippen LogP contribution in [0.25, 0.3) is 0 Å². The highest BCUT2D eigenvalue weighted by atomic mass is 16.5. The minimum Gasteiger partial charge on any atom is -0.496 e.